The molecule has 1 rings (SSSR count). The fourth-order valence-electron chi connectivity index (χ4n) is 1.02. The van der Waals surface area contributed by atoms with E-state index in [0.717, 1.165) is 0 Å². The van der Waals surface area contributed by atoms with Crippen LogP contribution in [0.15, 0.2) is 16.6 Å². The van der Waals surface area contributed by atoms with Crippen molar-refractivity contribution in [3.8, 4) is 11.8 Å². The van der Waals surface area contributed by atoms with Gasteiger partial charge in [0.2, 0.25) is 0 Å². The summed E-state index contributed by atoms with van der Waals surface area (Å²) in [5.74, 6) is -1.09. The van der Waals surface area contributed by atoms with Crippen molar-refractivity contribution in [3.63, 3.8) is 0 Å². The second kappa shape index (κ2) is 4.11. The van der Waals surface area contributed by atoms with E-state index < -0.39 is 5.97 Å². The van der Waals surface area contributed by atoms with E-state index in [9.17, 15) is 9.90 Å². The molecular formula is C9H6BrNO3. The first-order valence-corrected chi connectivity index (χ1v) is 4.47. The zero-order valence-corrected chi connectivity index (χ0v) is 8.58. The quantitative estimate of drug-likeness (QED) is 0.842. The highest BCUT2D eigenvalue weighted by Gasteiger charge is 2.10. The fraction of sp³-hybridized carbons (Fsp3) is 0.111. The summed E-state index contributed by atoms with van der Waals surface area (Å²) in [4.78, 5) is 10.4. The number of hydrogen-bond donors (Lipinski definition) is 2. The number of carboxylic acid groups (broad SMARTS) is 1. The van der Waals surface area contributed by atoms with Gasteiger partial charge in [-0.25, -0.2) is 0 Å². The van der Waals surface area contributed by atoms with Crippen molar-refractivity contribution in [2.45, 2.75) is 6.42 Å². The first-order valence-electron chi connectivity index (χ1n) is 3.68. The molecule has 72 valence electrons. The highest BCUT2D eigenvalue weighted by atomic mass is 79.9. The van der Waals surface area contributed by atoms with Crippen LogP contribution in [-0.2, 0) is 11.2 Å². The predicted octanol–water partition coefficient (Wildman–Crippen LogP) is 1.65. The summed E-state index contributed by atoms with van der Waals surface area (Å²) < 4.78 is 0.382. The lowest BCUT2D eigenvalue weighted by Crippen LogP contribution is -2.02. The normalized spacial score (nSPS) is 9.43. The number of carboxylic acids is 1. The maximum Gasteiger partial charge on any atom is 0.307 e. The van der Waals surface area contributed by atoms with E-state index >= 15 is 0 Å². The number of benzene rings is 1. The van der Waals surface area contributed by atoms with Crippen LogP contribution in [0.5, 0.6) is 5.75 Å². The number of phenols is 1. The Morgan fingerprint density at radius 2 is 2.21 bits per heavy atom. The number of aliphatic carboxylic acids is 1. The van der Waals surface area contributed by atoms with Crippen molar-refractivity contribution in [1.29, 1.82) is 5.26 Å². The maximum atomic E-state index is 10.4. The molecule has 14 heavy (non-hydrogen) atoms. The molecule has 4 nitrogen and oxygen atoms in total. The molecule has 0 spiro atoms. The minimum Gasteiger partial charge on any atom is -0.507 e. The van der Waals surface area contributed by atoms with E-state index in [-0.39, 0.29) is 17.7 Å². The lowest BCUT2D eigenvalue weighted by atomic mass is 10.1. The monoisotopic (exact) mass is 255 g/mol. The van der Waals surface area contributed by atoms with Gasteiger partial charge in [-0.05, 0) is 33.6 Å². The van der Waals surface area contributed by atoms with Crippen LogP contribution in [0.1, 0.15) is 11.1 Å². The number of phenolic OH excluding ortho intramolecular Hbond substituents is 1. The number of nitrogens with zero attached hydrogens (tertiary/aromatic N) is 1. The fourth-order valence-corrected chi connectivity index (χ4v) is 1.41. The van der Waals surface area contributed by atoms with Gasteiger partial charge >= 0.3 is 5.97 Å². The third-order valence-electron chi connectivity index (χ3n) is 1.63. The molecule has 0 atom stereocenters. The molecule has 0 unspecified atom stereocenters. The predicted molar refractivity (Wildman–Crippen MR) is 51.9 cm³/mol. The number of carbonyl (C=O) groups is 1. The first kappa shape index (κ1) is 10.5. The van der Waals surface area contributed by atoms with E-state index in [1.165, 1.54) is 12.1 Å². The highest BCUT2D eigenvalue weighted by Crippen LogP contribution is 2.27. The van der Waals surface area contributed by atoms with Crippen molar-refractivity contribution in [1.82, 2.24) is 0 Å². The molecule has 1 aromatic carbocycles. The molecular weight excluding hydrogens is 250 g/mol. The topological polar surface area (TPSA) is 81.3 Å². The van der Waals surface area contributed by atoms with Crippen LogP contribution in [0.3, 0.4) is 0 Å². The van der Waals surface area contributed by atoms with Crippen LogP contribution >= 0.6 is 15.9 Å². The molecule has 0 amide bonds. The van der Waals surface area contributed by atoms with Crippen molar-refractivity contribution in [3.05, 3.63) is 27.7 Å². The lowest BCUT2D eigenvalue weighted by molar-refractivity contribution is -0.136. The standard InChI is InChI=1S/C9H6BrNO3/c10-7-1-5(3-9(13)14)6(4-11)2-8(7)12/h1-2,12H,3H2,(H,13,14). The van der Waals surface area contributed by atoms with Gasteiger partial charge in [-0.3, -0.25) is 4.79 Å². The van der Waals surface area contributed by atoms with E-state index in [2.05, 4.69) is 15.9 Å². The highest BCUT2D eigenvalue weighted by molar-refractivity contribution is 9.10. The summed E-state index contributed by atoms with van der Waals surface area (Å²) >= 11 is 3.05. The molecule has 0 heterocycles. The van der Waals surface area contributed by atoms with Gasteiger partial charge in [0, 0.05) is 0 Å². The van der Waals surface area contributed by atoms with Gasteiger partial charge in [0.1, 0.15) is 5.75 Å². The number of aromatic hydroxyl groups is 1. The Bertz CT molecular complexity index is 423. The van der Waals surface area contributed by atoms with Crippen LogP contribution in [0, 0.1) is 11.3 Å². The molecule has 0 fully saturated rings. The van der Waals surface area contributed by atoms with Crippen LogP contribution in [-0.4, -0.2) is 16.2 Å². The van der Waals surface area contributed by atoms with Gasteiger partial charge in [0.05, 0.1) is 22.5 Å². The third-order valence-corrected chi connectivity index (χ3v) is 2.27. The molecule has 0 bridgehead atoms. The van der Waals surface area contributed by atoms with Crippen molar-refractivity contribution in [2.75, 3.05) is 0 Å². The molecule has 0 saturated carbocycles. The molecule has 0 aliphatic rings. The average Bonchev–Trinajstić information content (AvgIpc) is 2.10. The summed E-state index contributed by atoms with van der Waals surface area (Å²) in [6.45, 7) is 0. The Hall–Kier alpha value is -1.54. The largest absolute Gasteiger partial charge is 0.507 e. The molecule has 0 aromatic heterocycles. The molecule has 0 aliphatic carbocycles. The number of nitriles is 1. The van der Waals surface area contributed by atoms with E-state index in [4.69, 9.17) is 10.4 Å². The molecule has 0 radical (unpaired) electrons. The van der Waals surface area contributed by atoms with Gasteiger partial charge in [0.15, 0.2) is 0 Å². The summed E-state index contributed by atoms with van der Waals surface area (Å²) in [6, 6.07) is 4.50. The number of hydrogen-bond acceptors (Lipinski definition) is 3. The van der Waals surface area contributed by atoms with Crippen LogP contribution in [0.2, 0.25) is 0 Å². The Balaban J connectivity index is 3.22. The van der Waals surface area contributed by atoms with Crippen molar-refractivity contribution in [2.24, 2.45) is 0 Å². The van der Waals surface area contributed by atoms with E-state index in [0.29, 0.717) is 10.0 Å². The average molecular weight is 256 g/mol. The number of halogens is 1. The Morgan fingerprint density at radius 3 is 2.71 bits per heavy atom. The van der Waals surface area contributed by atoms with Crippen molar-refractivity contribution < 1.29 is 15.0 Å². The van der Waals surface area contributed by atoms with E-state index in [1.807, 2.05) is 6.07 Å². The summed E-state index contributed by atoms with van der Waals surface area (Å²) in [7, 11) is 0. The minimum atomic E-state index is -1.01. The summed E-state index contributed by atoms with van der Waals surface area (Å²) in [5.41, 5.74) is 0.553. The Labute approximate surface area is 88.5 Å². The second-order valence-corrected chi connectivity index (χ2v) is 3.50. The summed E-state index contributed by atoms with van der Waals surface area (Å²) in [5, 5.41) is 26.5. The van der Waals surface area contributed by atoms with Crippen LogP contribution < -0.4 is 0 Å². The molecule has 1 aromatic rings. The third kappa shape index (κ3) is 2.24. The second-order valence-electron chi connectivity index (χ2n) is 2.64. The Kier molecular flexibility index (Phi) is 3.10. The SMILES string of the molecule is N#Cc1cc(O)c(Br)cc1CC(=O)O. The van der Waals surface area contributed by atoms with Gasteiger partial charge in [-0.2, -0.15) is 5.26 Å². The lowest BCUT2D eigenvalue weighted by Gasteiger charge is -2.03. The van der Waals surface area contributed by atoms with Crippen LogP contribution in [0.25, 0.3) is 0 Å². The van der Waals surface area contributed by atoms with Gasteiger partial charge in [0.25, 0.3) is 0 Å². The molecule has 5 heteroatoms. The molecule has 0 aliphatic heterocycles. The Morgan fingerprint density at radius 1 is 1.57 bits per heavy atom. The summed E-state index contributed by atoms with van der Waals surface area (Å²) in [6.07, 6.45) is -0.234. The van der Waals surface area contributed by atoms with Crippen LogP contribution in [0.4, 0.5) is 0 Å². The maximum absolute atomic E-state index is 10.4. The number of rotatable bonds is 2. The zero-order chi connectivity index (χ0) is 10.7. The van der Waals surface area contributed by atoms with Gasteiger partial charge in [-0.1, -0.05) is 0 Å². The minimum absolute atomic E-state index is 0.0734. The zero-order valence-electron chi connectivity index (χ0n) is 6.99. The molecule has 0 saturated heterocycles. The smallest absolute Gasteiger partial charge is 0.307 e. The van der Waals surface area contributed by atoms with Gasteiger partial charge in [-0.15, -0.1) is 0 Å². The van der Waals surface area contributed by atoms with E-state index in [1.54, 1.807) is 0 Å². The van der Waals surface area contributed by atoms with Gasteiger partial charge < -0.3 is 10.2 Å². The first-order chi connectivity index (χ1) is 6.54. The van der Waals surface area contributed by atoms with Crippen molar-refractivity contribution >= 4 is 21.9 Å². The molecule has 2 N–H and O–H groups in total.